The van der Waals surface area contributed by atoms with Crippen molar-refractivity contribution in [2.45, 2.75) is 18.9 Å². The maximum absolute atomic E-state index is 5.81. The number of aromatic nitrogens is 2. The van der Waals surface area contributed by atoms with E-state index in [1.54, 1.807) is 18.6 Å². The van der Waals surface area contributed by atoms with Crippen LogP contribution in [-0.4, -0.2) is 29.2 Å². The molecule has 0 radical (unpaired) electrons. The molecule has 24 heavy (non-hydrogen) atoms. The van der Waals surface area contributed by atoms with Gasteiger partial charge in [-0.05, 0) is 48.7 Å². The van der Waals surface area contributed by atoms with Crippen LogP contribution in [0.3, 0.4) is 0 Å². The van der Waals surface area contributed by atoms with Crippen LogP contribution in [0.5, 0.6) is 5.75 Å². The summed E-state index contributed by atoms with van der Waals surface area (Å²) in [5, 5.41) is 3.42. The maximum atomic E-state index is 5.81. The second-order valence-electron chi connectivity index (χ2n) is 5.17. The highest BCUT2D eigenvalue weighted by Crippen LogP contribution is 2.15. The van der Waals surface area contributed by atoms with E-state index in [0.717, 1.165) is 23.4 Å². The summed E-state index contributed by atoms with van der Waals surface area (Å²) >= 11 is 0. The molecule has 1 aliphatic rings. The second-order valence-corrected chi connectivity index (χ2v) is 5.17. The number of nitrogens with one attached hydrogen (secondary N) is 1. The summed E-state index contributed by atoms with van der Waals surface area (Å²) in [6.45, 7) is 1.81. The summed E-state index contributed by atoms with van der Waals surface area (Å²) in [6.07, 6.45) is 13.7. The summed E-state index contributed by atoms with van der Waals surface area (Å²) in [5.74, 6) is 0.820. The lowest BCUT2D eigenvalue weighted by Gasteiger charge is -2.11. The summed E-state index contributed by atoms with van der Waals surface area (Å²) < 4.78 is 5.81. The fraction of sp³-hybridized carbons (Fsp3) is 0.294. The summed E-state index contributed by atoms with van der Waals surface area (Å²) in [6, 6.07) is 6.42. The van der Waals surface area contributed by atoms with Gasteiger partial charge in [-0.3, -0.25) is 9.97 Å². The van der Waals surface area contributed by atoms with Gasteiger partial charge in [0.25, 0.3) is 0 Å². The van der Waals surface area contributed by atoms with Gasteiger partial charge in [0.05, 0.1) is 6.20 Å². The molecule has 0 amide bonds. The lowest BCUT2D eigenvalue weighted by atomic mass is 10.2. The van der Waals surface area contributed by atoms with Gasteiger partial charge in [0.2, 0.25) is 0 Å². The van der Waals surface area contributed by atoms with E-state index in [9.17, 15) is 0 Å². The first kappa shape index (κ1) is 22.7. The lowest BCUT2D eigenvalue weighted by molar-refractivity contribution is 0.276. The molecule has 132 valence electrons. The van der Waals surface area contributed by atoms with Crippen molar-refractivity contribution in [3.8, 4) is 5.75 Å². The number of hydrogen-bond acceptors (Lipinski definition) is 4. The van der Waals surface area contributed by atoms with Crippen molar-refractivity contribution >= 4 is 49.4 Å². The van der Waals surface area contributed by atoms with Gasteiger partial charge in [-0.2, -0.15) is 0 Å². The van der Waals surface area contributed by atoms with Crippen LogP contribution in [0.2, 0.25) is 0 Å². The Labute approximate surface area is 161 Å². The molecule has 1 aliphatic heterocycles. The molecule has 7 heteroatoms. The van der Waals surface area contributed by atoms with Crippen molar-refractivity contribution in [1.82, 2.24) is 15.3 Å². The van der Waals surface area contributed by atoms with Gasteiger partial charge >= 0.3 is 0 Å². The van der Waals surface area contributed by atoms with E-state index in [4.69, 9.17) is 4.74 Å². The Bertz CT molecular complexity index is 605. The number of rotatable bonds is 5. The van der Waals surface area contributed by atoms with Crippen LogP contribution in [0.4, 0.5) is 0 Å². The zero-order valence-electron chi connectivity index (χ0n) is 13.1. The molecule has 3 heterocycles. The van der Waals surface area contributed by atoms with E-state index in [2.05, 4.69) is 15.3 Å². The predicted molar refractivity (Wildman–Crippen MR) is 106 cm³/mol. The highest BCUT2D eigenvalue weighted by atomic mass is 35.5. The van der Waals surface area contributed by atoms with Crippen LogP contribution in [0.1, 0.15) is 24.0 Å². The zero-order valence-corrected chi connectivity index (χ0v) is 15.6. The molecule has 0 aliphatic carbocycles. The lowest BCUT2D eigenvalue weighted by Crippen LogP contribution is -2.28. The third-order valence-electron chi connectivity index (χ3n) is 3.52. The quantitative estimate of drug-likeness (QED) is 0.837. The molecule has 1 N–H and O–H groups in total. The number of ether oxygens (including phenoxy) is 1. The maximum Gasteiger partial charge on any atom is 0.138 e. The fourth-order valence-electron chi connectivity index (χ4n) is 2.37. The minimum atomic E-state index is 0. The van der Waals surface area contributed by atoms with Crippen molar-refractivity contribution in [3.05, 3.63) is 54.1 Å². The molecular weight excluding hydrogens is 369 g/mol. The Morgan fingerprint density at radius 3 is 2.50 bits per heavy atom. The normalized spacial score (nSPS) is 15.9. The molecule has 0 unspecified atom stereocenters. The van der Waals surface area contributed by atoms with Crippen molar-refractivity contribution in [1.29, 1.82) is 0 Å². The van der Waals surface area contributed by atoms with Crippen LogP contribution >= 0.6 is 37.2 Å². The smallest absolute Gasteiger partial charge is 0.138 e. The number of nitrogens with zero attached hydrogens (tertiary/aromatic N) is 2. The molecule has 0 spiro atoms. The van der Waals surface area contributed by atoms with E-state index in [0.29, 0.717) is 12.6 Å². The number of hydrogen-bond donors (Lipinski definition) is 1. The standard InChI is InChI=1S/C17H19N3O.3ClH/c1-2-16(20-7-1)13-21-17-10-15(11-19-12-17)4-3-14-5-8-18-9-6-14;;;/h3-6,8-12,16,20H,1-2,7,13H2;3*1H/t16-;;;/m1.../s1. The molecule has 0 bridgehead atoms. The first-order valence-electron chi connectivity index (χ1n) is 7.29. The third kappa shape index (κ3) is 7.05. The summed E-state index contributed by atoms with van der Waals surface area (Å²) in [7, 11) is 0. The van der Waals surface area contributed by atoms with E-state index in [1.165, 1.54) is 12.8 Å². The zero-order chi connectivity index (χ0) is 14.3. The second kappa shape index (κ2) is 12.1. The van der Waals surface area contributed by atoms with Crippen LogP contribution in [0.25, 0.3) is 12.2 Å². The molecule has 0 saturated carbocycles. The average molecular weight is 391 g/mol. The van der Waals surface area contributed by atoms with Gasteiger partial charge in [0, 0.05) is 24.6 Å². The van der Waals surface area contributed by atoms with Gasteiger partial charge in [0.1, 0.15) is 12.4 Å². The monoisotopic (exact) mass is 389 g/mol. The summed E-state index contributed by atoms with van der Waals surface area (Å²) in [4.78, 5) is 8.24. The van der Waals surface area contributed by atoms with Gasteiger partial charge in [-0.25, -0.2) is 0 Å². The Kier molecular flexibility index (Phi) is 11.4. The summed E-state index contributed by atoms with van der Waals surface area (Å²) in [5.41, 5.74) is 2.15. The third-order valence-corrected chi connectivity index (χ3v) is 3.52. The Morgan fingerprint density at radius 2 is 1.79 bits per heavy atom. The highest BCUT2D eigenvalue weighted by molar-refractivity contribution is 5.86. The first-order valence-corrected chi connectivity index (χ1v) is 7.29. The molecule has 4 nitrogen and oxygen atoms in total. The van der Waals surface area contributed by atoms with Crippen molar-refractivity contribution in [3.63, 3.8) is 0 Å². The van der Waals surface area contributed by atoms with Crippen LogP contribution < -0.4 is 10.1 Å². The van der Waals surface area contributed by atoms with Gasteiger partial charge < -0.3 is 10.1 Å². The van der Waals surface area contributed by atoms with Crippen molar-refractivity contribution in [2.24, 2.45) is 0 Å². The van der Waals surface area contributed by atoms with Crippen molar-refractivity contribution in [2.75, 3.05) is 13.2 Å². The minimum absolute atomic E-state index is 0. The molecule has 1 fully saturated rings. The first-order chi connectivity index (χ1) is 10.4. The molecule has 1 saturated heterocycles. The van der Waals surface area contributed by atoms with E-state index >= 15 is 0 Å². The van der Waals surface area contributed by atoms with Gasteiger partial charge in [-0.1, -0.05) is 12.2 Å². The minimum Gasteiger partial charge on any atom is -0.490 e. The van der Waals surface area contributed by atoms with Gasteiger partial charge in [-0.15, -0.1) is 37.2 Å². The molecule has 2 aromatic rings. The predicted octanol–water partition coefficient (Wildman–Crippen LogP) is 4.04. The Balaban J connectivity index is 0.00000176. The van der Waals surface area contributed by atoms with Crippen LogP contribution in [0.15, 0.2) is 43.0 Å². The number of pyridine rings is 2. The molecular formula is C17H22Cl3N3O. The topological polar surface area (TPSA) is 47.0 Å². The Hall–Kier alpha value is -1.33. The molecule has 2 aromatic heterocycles. The van der Waals surface area contributed by atoms with Gasteiger partial charge in [0.15, 0.2) is 0 Å². The van der Waals surface area contributed by atoms with Crippen LogP contribution in [-0.2, 0) is 0 Å². The fourth-order valence-corrected chi connectivity index (χ4v) is 2.37. The van der Waals surface area contributed by atoms with Crippen LogP contribution in [0, 0.1) is 0 Å². The van der Waals surface area contributed by atoms with E-state index in [-0.39, 0.29) is 37.2 Å². The number of halogens is 3. The van der Waals surface area contributed by atoms with E-state index in [1.807, 2.05) is 36.5 Å². The largest absolute Gasteiger partial charge is 0.490 e. The molecule has 3 rings (SSSR count). The molecule has 0 aromatic carbocycles. The van der Waals surface area contributed by atoms with E-state index < -0.39 is 0 Å². The molecule has 1 atom stereocenters. The Morgan fingerprint density at radius 1 is 1.04 bits per heavy atom. The highest BCUT2D eigenvalue weighted by Gasteiger charge is 2.14. The van der Waals surface area contributed by atoms with Crippen molar-refractivity contribution < 1.29 is 4.74 Å². The average Bonchev–Trinajstić information content (AvgIpc) is 3.06. The SMILES string of the molecule is C(=Cc1cncc(OC[C@H]2CCCN2)c1)c1ccncc1.Cl.Cl.Cl.